The monoisotopic (exact) mass is 238 g/mol. The molecule has 1 fully saturated rings. The molecule has 0 saturated heterocycles. The molecule has 90 valence electrons. The van der Waals surface area contributed by atoms with E-state index in [9.17, 15) is 0 Å². The van der Waals surface area contributed by atoms with E-state index in [2.05, 4.69) is 38.4 Å². The van der Waals surface area contributed by atoms with Crippen molar-refractivity contribution in [3.8, 4) is 0 Å². The lowest BCUT2D eigenvalue weighted by atomic mass is 10.1. The van der Waals surface area contributed by atoms with Gasteiger partial charge in [0.15, 0.2) is 0 Å². The van der Waals surface area contributed by atoms with Gasteiger partial charge in [-0.2, -0.15) is 0 Å². The van der Waals surface area contributed by atoms with Gasteiger partial charge in [0.1, 0.15) is 0 Å². The Morgan fingerprint density at radius 3 is 2.50 bits per heavy atom. The van der Waals surface area contributed by atoms with E-state index >= 15 is 0 Å². The van der Waals surface area contributed by atoms with Crippen molar-refractivity contribution in [1.82, 2.24) is 10.3 Å². The van der Waals surface area contributed by atoms with Crippen LogP contribution in [0.4, 0.5) is 0 Å². The molecule has 1 aliphatic rings. The Morgan fingerprint density at radius 1 is 1.31 bits per heavy atom. The highest BCUT2D eigenvalue weighted by Crippen LogP contribution is 2.33. The Hall–Kier alpha value is -0.410. The fourth-order valence-corrected chi connectivity index (χ4v) is 2.91. The van der Waals surface area contributed by atoms with Crippen LogP contribution in [0, 0.1) is 5.92 Å². The Bertz CT molecular complexity index is 341. The summed E-state index contributed by atoms with van der Waals surface area (Å²) < 4.78 is 0. The van der Waals surface area contributed by atoms with Crippen LogP contribution in [0.25, 0.3) is 0 Å². The molecule has 2 unspecified atom stereocenters. The molecule has 3 heteroatoms. The Morgan fingerprint density at radius 2 is 2.00 bits per heavy atom. The van der Waals surface area contributed by atoms with Gasteiger partial charge in [0.05, 0.1) is 10.7 Å². The summed E-state index contributed by atoms with van der Waals surface area (Å²) in [5.74, 6) is 1.46. The van der Waals surface area contributed by atoms with Crippen molar-refractivity contribution in [1.29, 1.82) is 0 Å². The number of hydrogen-bond donors (Lipinski definition) is 1. The maximum atomic E-state index is 4.70. The molecule has 0 radical (unpaired) electrons. The molecule has 1 aromatic rings. The maximum Gasteiger partial charge on any atom is 0.0954 e. The number of hydrogen-bond acceptors (Lipinski definition) is 3. The zero-order valence-electron chi connectivity index (χ0n) is 10.7. The van der Waals surface area contributed by atoms with Crippen LogP contribution in [0.3, 0.4) is 0 Å². The summed E-state index contributed by atoms with van der Waals surface area (Å²) >= 11 is 1.79. The average Bonchev–Trinajstić information content (AvgIpc) is 2.95. The lowest BCUT2D eigenvalue weighted by Crippen LogP contribution is -2.30. The number of nitrogens with one attached hydrogen (secondary N) is 1. The van der Waals surface area contributed by atoms with Crippen LogP contribution < -0.4 is 5.32 Å². The molecule has 1 aromatic heterocycles. The lowest BCUT2D eigenvalue weighted by Gasteiger charge is -2.18. The van der Waals surface area contributed by atoms with E-state index in [4.69, 9.17) is 4.98 Å². The van der Waals surface area contributed by atoms with Crippen LogP contribution in [0.2, 0.25) is 0 Å². The van der Waals surface area contributed by atoms with Gasteiger partial charge in [-0.15, -0.1) is 11.3 Å². The summed E-state index contributed by atoms with van der Waals surface area (Å²) in [6, 6.07) is 1.03. The van der Waals surface area contributed by atoms with E-state index in [0.29, 0.717) is 18.0 Å². The van der Waals surface area contributed by atoms with Crippen molar-refractivity contribution in [3.63, 3.8) is 0 Å². The van der Waals surface area contributed by atoms with E-state index in [0.717, 1.165) is 5.92 Å². The zero-order chi connectivity index (χ0) is 11.7. The molecule has 1 aliphatic carbocycles. The van der Waals surface area contributed by atoms with Crippen molar-refractivity contribution < 1.29 is 0 Å². The molecule has 1 heterocycles. The van der Waals surface area contributed by atoms with Crippen molar-refractivity contribution in [2.24, 2.45) is 5.92 Å². The SMILES string of the molecule is CC(C)c1nc(C(C)NC(C)C2CC2)cs1. The summed E-state index contributed by atoms with van der Waals surface area (Å²) in [5.41, 5.74) is 1.21. The fraction of sp³-hybridized carbons (Fsp3) is 0.769. The van der Waals surface area contributed by atoms with Crippen LogP contribution in [-0.4, -0.2) is 11.0 Å². The van der Waals surface area contributed by atoms with Crippen molar-refractivity contribution in [3.05, 3.63) is 16.1 Å². The molecule has 1 N–H and O–H groups in total. The summed E-state index contributed by atoms with van der Waals surface area (Å²) in [6.45, 7) is 8.92. The third-order valence-electron chi connectivity index (χ3n) is 3.32. The minimum absolute atomic E-state index is 0.388. The Balaban J connectivity index is 1.94. The molecular weight excluding hydrogens is 216 g/mol. The first-order chi connectivity index (χ1) is 7.58. The predicted octanol–water partition coefficient (Wildman–Crippen LogP) is 3.72. The van der Waals surface area contributed by atoms with Gasteiger partial charge >= 0.3 is 0 Å². The molecule has 0 spiro atoms. The van der Waals surface area contributed by atoms with Gasteiger partial charge in [-0.05, 0) is 32.6 Å². The van der Waals surface area contributed by atoms with Crippen molar-refractivity contribution in [2.75, 3.05) is 0 Å². The van der Waals surface area contributed by atoms with E-state index in [1.54, 1.807) is 11.3 Å². The summed E-state index contributed by atoms with van der Waals surface area (Å²) in [6.07, 6.45) is 2.80. The number of rotatable bonds is 5. The zero-order valence-corrected chi connectivity index (χ0v) is 11.5. The van der Waals surface area contributed by atoms with Crippen LogP contribution >= 0.6 is 11.3 Å². The largest absolute Gasteiger partial charge is 0.306 e. The topological polar surface area (TPSA) is 24.9 Å². The van der Waals surface area contributed by atoms with Gasteiger partial charge in [0.2, 0.25) is 0 Å². The lowest BCUT2D eigenvalue weighted by molar-refractivity contribution is 0.436. The predicted molar refractivity (Wildman–Crippen MR) is 69.9 cm³/mol. The first-order valence-corrected chi connectivity index (χ1v) is 7.17. The standard InChI is InChI=1S/C13H22N2S/c1-8(2)13-15-12(7-16-13)10(4)14-9(3)11-5-6-11/h7-11,14H,5-6H2,1-4H3. The quantitative estimate of drug-likeness (QED) is 0.845. The molecule has 0 bridgehead atoms. The van der Waals surface area contributed by atoms with Crippen LogP contribution in [0.15, 0.2) is 5.38 Å². The van der Waals surface area contributed by atoms with E-state index < -0.39 is 0 Å². The Labute approximate surface area is 102 Å². The van der Waals surface area contributed by atoms with E-state index in [1.165, 1.54) is 23.5 Å². The molecule has 0 aromatic carbocycles. The molecule has 2 nitrogen and oxygen atoms in total. The molecule has 0 amide bonds. The van der Waals surface area contributed by atoms with Gasteiger partial charge in [-0.25, -0.2) is 4.98 Å². The van der Waals surface area contributed by atoms with Crippen molar-refractivity contribution >= 4 is 11.3 Å². The summed E-state index contributed by atoms with van der Waals surface area (Å²) in [7, 11) is 0. The highest BCUT2D eigenvalue weighted by atomic mass is 32.1. The smallest absolute Gasteiger partial charge is 0.0954 e. The summed E-state index contributed by atoms with van der Waals surface area (Å²) in [4.78, 5) is 4.70. The third-order valence-corrected chi connectivity index (χ3v) is 4.48. The second kappa shape index (κ2) is 4.84. The van der Waals surface area contributed by atoms with Gasteiger partial charge in [0.25, 0.3) is 0 Å². The minimum atomic E-state index is 0.388. The van der Waals surface area contributed by atoms with Gasteiger partial charge in [-0.1, -0.05) is 13.8 Å². The Kier molecular flexibility index (Phi) is 3.65. The highest BCUT2D eigenvalue weighted by Gasteiger charge is 2.29. The normalized spacial score (nSPS) is 20.1. The van der Waals surface area contributed by atoms with Crippen LogP contribution in [0.1, 0.15) is 63.2 Å². The van der Waals surface area contributed by atoms with Gasteiger partial charge < -0.3 is 5.32 Å². The molecule has 16 heavy (non-hydrogen) atoms. The third kappa shape index (κ3) is 2.83. The first kappa shape index (κ1) is 12.1. The van der Waals surface area contributed by atoms with E-state index in [-0.39, 0.29) is 0 Å². The van der Waals surface area contributed by atoms with E-state index in [1.807, 2.05) is 0 Å². The number of thiazole rings is 1. The molecule has 2 atom stereocenters. The van der Waals surface area contributed by atoms with Crippen LogP contribution in [-0.2, 0) is 0 Å². The van der Waals surface area contributed by atoms with Crippen LogP contribution in [0.5, 0.6) is 0 Å². The molecular formula is C13H22N2S. The average molecular weight is 238 g/mol. The second-order valence-electron chi connectivity index (χ2n) is 5.28. The summed E-state index contributed by atoms with van der Waals surface area (Å²) in [5, 5.41) is 7.11. The number of nitrogens with zero attached hydrogens (tertiary/aromatic N) is 1. The molecule has 0 aliphatic heterocycles. The number of aromatic nitrogens is 1. The molecule has 2 rings (SSSR count). The van der Waals surface area contributed by atoms with Gasteiger partial charge in [-0.3, -0.25) is 0 Å². The molecule has 1 saturated carbocycles. The minimum Gasteiger partial charge on any atom is -0.306 e. The first-order valence-electron chi connectivity index (χ1n) is 6.29. The maximum absolute atomic E-state index is 4.70. The highest BCUT2D eigenvalue weighted by molar-refractivity contribution is 7.09. The van der Waals surface area contributed by atoms with Gasteiger partial charge in [0, 0.05) is 23.4 Å². The van der Waals surface area contributed by atoms with Crippen molar-refractivity contribution in [2.45, 2.75) is 58.5 Å². The fourth-order valence-electron chi connectivity index (χ4n) is 1.98. The second-order valence-corrected chi connectivity index (χ2v) is 6.17.